The fourth-order valence-corrected chi connectivity index (χ4v) is 4.15. The molecule has 0 bridgehead atoms. The molecule has 1 amide bonds. The van der Waals surface area contributed by atoms with Crippen molar-refractivity contribution in [3.05, 3.63) is 59.2 Å². The summed E-state index contributed by atoms with van der Waals surface area (Å²) in [5.41, 5.74) is 2.42. The average Bonchev–Trinajstić information content (AvgIpc) is 3.18. The van der Waals surface area contributed by atoms with Gasteiger partial charge in [0.15, 0.2) is 6.10 Å². The van der Waals surface area contributed by atoms with E-state index in [1.807, 2.05) is 17.0 Å². The Morgan fingerprint density at radius 2 is 1.83 bits per heavy atom. The zero-order chi connectivity index (χ0) is 20.4. The van der Waals surface area contributed by atoms with Gasteiger partial charge in [0.05, 0.1) is 7.11 Å². The third-order valence-electron chi connectivity index (χ3n) is 5.64. The molecule has 1 aromatic heterocycles. The third kappa shape index (κ3) is 4.20. The summed E-state index contributed by atoms with van der Waals surface area (Å²) in [7, 11) is 1.69. The van der Waals surface area contributed by atoms with Gasteiger partial charge in [-0.1, -0.05) is 11.6 Å². The van der Waals surface area contributed by atoms with Crippen LogP contribution in [-0.4, -0.2) is 42.1 Å². The van der Waals surface area contributed by atoms with Crippen molar-refractivity contribution in [3.63, 3.8) is 0 Å². The van der Waals surface area contributed by atoms with Crippen molar-refractivity contribution < 1.29 is 14.3 Å². The molecule has 1 fully saturated rings. The molecule has 2 aromatic carbocycles. The summed E-state index contributed by atoms with van der Waals surface area (Å²) in [5.74, 6) is 1.96. The van der Waals surface area contributed by atoms with E-state index in [2.05, 4.69) is 17.2 Å². The number of hydrogen-bond acceptors (Lipinski definition) is 3. The summed E-state index contributed by atoms with van der Waals surface area (Å²) in [6.07, 6.45) is 3.44. The molecule has 0 aliphatic carbocycles. The number of hydrogen-bond donors (Lipinski definition) is 1. The highest BCUT2D eigenvalue weighted by Crippen LogP contribution is 2.35. The van der Waals surface area contributed by atoms with Crippen LogP contribution in [0.25, 0.3) is 10.9 Å². The monoisotopic (exact) mass is 412 g/mol. The number of aromatic amines is 1. The number of rotatable bonds is 5. The molecule has 1 atom stereocenters. The van der Waals surface area contributed by atoms with Crippen molar-refractivity contribution in [2.75, 3.05) is 20.2 Å². The number of nitrogens with zero attached hydrogens (tertiary/aromatic N) is 1. The fourth-order valence-electron chi connectivity index (χ4n) is 4.02. The summed E-state index contributed by atoms with van der Waals surface area (Å²) in [5, 5.41) is 1.85. The SMILES string of the molecule is COc1ccc2[nH]cc(C3CCN(C(=O)C(C)Oc4ccc(Cl)cc4)CC3)c2c1. The minimum atomic E-state index is -0.523. The molecule has 1 aliphatic rings. The zero-order valence-corrected chi connectivity index (χ0v) is 17.4. The zero-order valence-electron chi connectivity index (χ0n) is 16.7. The van der Waals surface area contributed by atoms with Crippen LogP contribution in [-0.2, 0) is 4.79 Å². The first-order valence-electron chi connectivity index (χ1n) is 9.91. The Kier molecular flexibility index (Phi) is 5.67. The highest BCUT2D eigenvalue weighted by atomic mass is 35.5. The molecule has 1 saturated heterocycles. The molecule has 1 N–H and O–H groups in total. The average molecular weight is 413 g/mol. The fraction of sp³-hybridized carbons (Fsp3) is 0.348. The summed E-state index contributed by atoms with van der Waals surface area (Å²) < 4.78 is 11.2. The summed E-state index contributed by atoms with van der Waals surface area (Å²) in [6.45, 7) is 3.26. The van der Waals surface area contributed by atoms with Gasteiger partial charge in [0, 0.05) is 35.2 Å². The van der Waals surface area contributed by atoms with Gasteiger partial charge in [0.2, 0.25) is 0 Å². The van der Waals surface area contributed by atoms with Crippen LogP contribution < -0.4 is 9.47 Å². The largest absolute Gasteiger partial charge is 0.497 e. The number of piperidine rings is 1. The number of carbonyl (C=O) groups is 1. The molecular formula is C23H25ClN2O3. The molecule has 1 unspecified atom stereocenters. The minimum Gasteiger partial charge on any atom is -0.497 e. The number of halogens is 1. The molecule has 0 saturated carbocycles. The van der Waals surface area contributed by atoms with E-state index >= 15 is 0 Å². The molecule has 6 heteroatoms. The maximum Gasteiger partial charge on any atom is 0.263 e. The lowest BCUT2D eigenvalue weighted by Crippen LogP contribution is -2.44. The number of methoxy groups -OCH3 is 1. The van der Waals surface area contributed by atoms with Crippen molar-refractivity contribution in [3.8, 4) is 11.5 Å². The summed E-state index contributed by atoms with van der Waals surface area (Å²) in [4.78, 5) is 18.1. The Balaban J connectivity index is 1.39. The van der Waals surface area contributed by atoms with E-state index in [1.54, 1.807) is 38.3 Å². The first-order valence-corrected chi connectivity index (χ1v) is 10.3. The minimum absolute atomic E-state index is 0.0268. The Labute approximate surface area is 175 Å². The van der Waals surface area contributed by atoms with Crippen LogP contribution in [0.1, 0.15) is 31.2 Å². The molecule has 4 rings (SSSR count). The number of likely N-dealkylation sites (tertiary alicyclic amines) is 1. The number of H-pyrrole nitrogens is 1. The van der Waals surface area contributed by atoms with Gasteiger partial charge in [0.1, 0.15) is 11.5 Å². The van der Waals surface area contributed by atoms with E-state index in [0.717, 1.165) is 37.2 Å². The third-order valence-corrected chi connectivity index (χ3v) is 5.89. The van der Waals surface area contributed by atoms with Crippen LogP contribution in [0.5, 0.6) is 11.5 Å². The van der Waals surface area contributed by atoms with E-state index in [9.17, 15) is 4.79 Å². The van der Waals surface area contributed by atoms with Crippen LogP contribution in [0, 0.1) is 0 Å². The standard InChI is InChI=1S/C23H25ClN2O3/c1-15(29-18-5-3-17(24)4-6-18)23(27)26-11-9-16(10-12-26)21-14-25-22-8-7-19(28-2)13-20(21)22/h3-8,13-16,25H,9-12H2,1-2H3. The van der Waals surface area contributed by atoms with E-state index in [-0.39, 0.29) is 5.91 Å². The first-order chi connectivity index (χ1) is 14.0. The molecule has 152 valence electrons. The van der Waals surface area contributed by atoms with Gasteiger partial charge < -0.3 is 19.4 Å². The highest BCUT2D eigenvalue weighted by molar-refractivity contribution is 6.30. The van der Waals surface area contributed by atoms with Crippen LogP contribution in [0.4, 0.5) is 0 Å². The van der Waals surface area contributed by atoms with E-state index < -0.39 is 6.10 Å². The topological polar surface area (TPSA) is 54.6 Å². The van der Waals surface area contributed by atoms with Gasteiger partial charge >= 0.3 is 0 Å². The number of ether oxygens (including phenoxy) is 2. The molecule has 1 aliphatic heterocycles. The summed E-state index contributed by atoms with van der Waals surface area (Å²) >= 11 is 5.90. The number of amides is 1. The van der Waals surface area contributed by atoms with E-state index in [1.165, 1.54) is 10.9 Å². The Hall–Kier alpha value is -2.66. The lowest BCUT2D eigenvalue weighted by Gasteiger charge is -2.33. The van der Waals surface area contributed by atoms with Gasteiger partial charge in [-0.05, 0) is 73.7 Å². The highest BCUT2D eigenvalue weighted by Gasteiger charge is 2.28. The van der Waals surface area contributed by atoms with Crippen LogP contribution in [0.15, 0.2) is 48.7 Å². The Bertz CT molecular complexity index is 991. The second kappa shape index (κ2) is 8.37. The second-order valence-electron chi connectivity index (χ2n) is 7.47. The molecule has 2 heterocycles. The van der Waals surface area contributed by atoms with E-state index in [4.69, 9.17) is 21.1 Å². The maximum atomic E-state index is 12.8. The number of carbonyl (C=O) groups excluding carboxylic acids is 1. The Morgan fingerprint density at radius 1 is 1.14 bits per heavy atom. The van der Waals surface area contributed by atoms with Crippen LogP contribution in [0.2, 0.25) is 5.02 Å². The predicted octanol–water partition coefficient (Wildman–Crippen LogP) is 5.00. The van der Waals surface area contributed by atoms with Crippen LogP contribution >= 0.6 is 11.6 Å². The number of benzene rings is 2. The molecule has 3 aromatic rings. The molecule has 0 spiro atoms. The number of fused-ring (bicyclic) bond motifs is 1. The van der Waals surface area contributed by atoms with Gasteiger partial charge in [-0.15, -0.1) is 0 Å². The second-order valence-corrected chi connectivity index (χ2v) is 7.91. The van der Waals surface area contributed by atoms with Crippen molar-refractivity contribution in [2.24, 2.45) is 0 Å². The van der Waals surface area contributed by atoms with Crippen molar-refractivity contribution in [1.82, 2.24) is 9.88 Å². The molecule has 5 nitrogen and oxygen atoms in total. The lowest BCUT2D eigenvalue weighted by molar-refractivity contribution is -0.139. The van der Waals surface area contributed by atoms with Crippen molar-refractivity contribution in [1.29, 1.82) is 0 Å². The van der Waals surface area contributed by atoms with Gasteiger partial charge in [-0.25, -0.2) is 0 Å². The summed E-state index contributed by atoms with van der Waals surface area (Å²) in [6, 6.07) is 13.2. The number of aromatic nitrogens is 1. The molecule has 0 radical (unpaired) electrons. The van der Waals surface area contributed by atoms with Gasteiger partial charge in [-0.2, -0.15) is 0 Å². The normalized spacial score (nSPS) is 16.0. The van der Waals surface area contributed by atoms with Crippen molar-refractivity contribution >= 4 is 28.4 Å². The maximum absolute atomic E-state index is 12.8. The molecular weight excluding hydrogens is 388 g/mol. The van der Waals surface area contributed by atoms with Crippen molar-refractivity contribution in [2.45, 2.75) is 31.8 Å². The van der Waals surface area contributed by atoms with E-state index in [0.29, 0.717) is 16.7 Å². The van der Waals surface area contributed by atoms with Crippen LogP contribution in [0.3, 0.4) is 0 Å². The first kappa shape index (κ1) is 19.6. The Morgan fingerprint density at radius 3 is 2.52 bits per heavy atom. The smallest absolute Gasteiger partial charge is 0.263 e. The number of nitrogens with one attached hydrogen (secondary N) is 1. The molecule has 29 heavy (non-hydrogen) atoms. The lowest BCUT2D eigenvalue weighted by atomic mass is 9.89. The van der Waals surface area contributed by atoms with Gasteiger partial charge in [0.25, 0.3) is 5.91 Å². The van der Waals surface area contributed by atoms with Gasteiger partial charge in [-0.3, -0.25) is 4.79 Å². The quantitative estimate of drug-likeness (QED) is 0.641. The predicted molar refractivity (Wildman–Crippen MR) is 115 cm³/mol.